The Hall–Kier alpha value is -1.50. The molecule has 0 aliphatic carbocycles. The Morgan fingerprint density at radius 3 is 2.33 bits per heavy atom. The minimum Gasteiger partial charge on any atom is -0.316 e. The molecule has 0 unspecified atom stereocenters. The molecule has 0 amide bonds. The summed E-state index contributed by atoms with van der Waals surface area (Å²) < 4.78 is 27.6. The first-order chi connectivity index (χ1) is 10.1. The van der Waals surface area contributed by atoms with E-state index in [4.69, 9.17) is 0 Å². The van der Waals surface area contributed by atoms with Crippen molar-refractivity contribution in [3.8, 4) is 0 Å². The van der Waals surface area contributed by atoms with Crippen LogP contribution in [0.25, 0.3) is 0 Å². The molecule has 112 valence electrons. The van der Waals surface area contributed by atoms with Crippen molar-refractivity contribution in [1.82, 2.24) is 5.32 Å². The van der Waals surface area contributed by atoms with E-state index in [9.17, 15) is 8.42 Å². The summed E-state index contributed by atoms with van der Waals surface area (Å²) in [6, 6.07) is 14.3. The molecule has 0 heterocycles. The van der Waals surface area contributed by atoms with Crippen molar-refractivity contribution in [3.63, 3.8) is 0 Å². The Kier molecular flexibility index (Phi) is 5.27. The molecule has 2 rings (SSSR count). The minimum atomic E-state index is -3.58. The minimum absolute atomic E-state index is 0.299. The third-order valence-corrected chi connectivity index (χ3v) is 5.20. The molecule has 0 aliphatic heterocycles. The molecule has 2 N–H and O–H groups in total. The van der Waals surface area contributed by atoms with E-state index in [1.165, 1.54) is 0 Å². The fourth-order valence-corrected chi connectivity index (χ4v) is 3.68. The summed E-state index contributed by atoms with van der Waals surface area (Å²) in [6.45, 7) is 0.502. The molecule has 0 aliphatic rings. The van der Waals surface area contributed by atoms with E-state index in [-0.39, 0.29) is 0 Å². The second-order valence-corrected chi connectivity index (χ2v) is 7.00. The van der Waals surface area contributed by atoms with Gasteiger partial charge in [0.1, 0.15) is 0 Å². The number of hydrogen-bond acceptors (Lipinski definition) is 4. The van der Waals surface area contributed by atoms with Gasteiger partial charge in [0.2, 0.25) is 0 Å². The Morgan fingerprint density at radius 1 is 1.05 bits per heavy atom. The molecule has 0 aromatic heterocycles. The van der Waals surface area contributed by atoms with Gasteiger partial charge in [-0.2, -0.15) is 0 Å². The first-order valence-electron chi connectivity index (χ1n) is 6.46. The summed E-state index contributed by atoms with van der Waals surface area (Å²) in [4.78, 5) is 1.39. The van der Waals surface area contributed by atoms with Crippen LogP contribution in [0.1, 0.15) is 5.56 Å². The third-order valence-electron chi connectivity index (χ3n) is 2.97. The zero-order valence-corrected chi connectivity index (χ0v) is 13.6. The highest BCUT2D eigenvalue weighted by atomic mass is 32.2. The van der Waals surface area contributed by atoms with Gasteiger partial charge in [0.05, 0.1) is 4.90 Å². The van der Waals surface area contributed by atoms with Crippen LogP contribution in [0.4, 0.5) is 5.69 Å². The number of hydrogen-bond donors (Lipinski definition) is 2. The maximum Gasteiger partial charge on any atom is 0.262 e. The smallest absolute Gasteiger partial charge is 0.262 e. The van der Waals surface area contributed by atoms with Crippen LogP contribution in [0.2, 0.25) is 0 Å². The van der Waals surface area contributed by atoms with Gasteiger partial charge in [-0.3, -0.25) is 4.72 Å². The van der Waals surface area contributed by atoms with Gasteiger partial charge in [-0.25, -0.2) is 8.42 Å². The zero-order valence-electron chi connectivity index (χ0n) is 12.0. The number of rotatable bonds is 6. The number of sulfonamides is 1. The second-order valence-electron chi connectivity index (χ2n) is 4.47. The first-order valence-corrected chi connectivity index (χ1v) is 9.17. The number of thioether (sulfide) groups is 1. The first kappa shape index (κ1) is 15.9. The molecule has 0 spiro atoms. The quantitative estimate of drug-likeness (QED) is 0.803. The average molecular weight is 322 g/mol. The molecule has 2 aromatic carbocycles. The van der Waals surface area contributed by atoms with Gasteiger partial charge < -0.3 is 5.32 Å². The summed E-state index contributed by atoms with van der Waals surface area (Å²) in [5.74, 6) is 0. The normalized spacial score (nSPS) is 11.3. The van der Waals surface area contributed by atoms with E-state index in [1.54, 1.807) is 43.1 Å². The SMILES string of the molecule is CNCc1ccccc1S(=O)(=O)Nc1ccc(SC)cc1. The topological polar surface area (TPSA) is 58.2 Å². The highest BCUT2D eigenvalue weighted by molar-refractivity contribution is 7.98. The fraction of sp³-hybridized carbons (Fsp3) is 0.200. The molecule has 0 radical (unpaired) electrons. The summed E-state index contributed by atoms with van der Waals surface area (Å²) in [5.41, 5.74) is 1.31. The summed E-state index contributed by atoms with van der Waals surface area (Å²) in [6.07, 6.45) is 1.98. The van der Waals surface area contributed by atoms with Crippen molar-refractivity contribution >= 4 is 27.5 Å². The molecule has 0 bridgehead atoms. The Labute approximate surface area is 130 Å². The van der Waals surface area contributed by atoms with Crippen molar-refractivity contribution in [2.45, 2.75) is 16.3 Å². The molecule has 0 saturated carbocycles. The average Bonchev–Trinajstić information content (AvgIpc) is 2.48. The highest BCUT2D eigenvalue weighted by Crippen LogP contribution is 2.22. The van der Waals surface area contributed by atoms with Crippen LogP contribution >= 0.6 is 11.8 Å². The monoisotopic (exact) mass is 322 g/mol. The third kappa shape index (κ3) is 4.00. The number of benzene rings is 2. The fourth-order valence-electron chi connectivity index (χ4n) is 1.97. The van der Waals surface area contributed by atoms with Gasteiger partial charge in [0.15, 0.2) is 0 Å². The van der Waals surface area contributed by atoms with E-state index in [0.717, 1.165) is 10.5 Å². The molecule has 4 nitrogen and oxygen atoms in total. The second kappa shape index (κ2) is 6.98. The molecular formula is C15H18N2O2S2. The predicted octanol–water partition coefficient (Wildman–Crippen LogP) is 2.93. The lowest BCUT2D eigenvalue weighted by Gasteiger charge is -2.12. The Balaban J connectivity index is 2.29. The van der Waals surface area contributed by atoms with Crippen LogP contribution in [-0.4, -0.2) is 21.7 Å². The molecule has 21 heavy (non-hydrogen) atoms. The maximum atomic E-state index is 12.5. The van der Waals surface area contributed by atoms with E-state index in [2.05, 4.69) is 10.0 Å². The van der Waals surface area contributed by atoms with Gasteiger partial charge in [-0.15, -0.1) is 11.8 Å². The van der Waals surface area contributed by atoms with E-state index < -0.39 is 10.0 Å². The van der Waals surface area contributed by atoms with Gasteiger partial charge >= 0.3 is 0 Å². The lowest BCUT2D eigenvalue weighted by molar-refractivity contribution is 0.599. The number of nitrogens with one attached hydrogen (secondary N) is 2. The highest BCUT2D eigenvalue weighted by Gasteiger charge is 2.17. The van der Waals surface area contributed by atoms with Crippen LogP contribution in [0.15, 0.2) is 58.3 Å². The maximum absolute atomic E-state index is 12.5. The van der Waals surface area contributed by atoms with Crippen LogP contribution in [-0.2, 0) is 16.6 Å². The van der Waals surface area contributed by atoms with Gasteiger partial charge in [0.25, 0.3) is 10.0 Å². The molecule has 0 atom stereocenters. The Bertz CT molecular complexity index is 698. The van der Waals surface area contributed by atoms with Crippen LogP contribution in [0.3, 0.4) is 0 Å². The van der Waals surface area contributed by atoms with E-state index >= 15 is 0 Å². The zero-order chi connectivity index (χ0) is 15.3. The van der Waals surface area contributed by atoms with Crippen LogP contribution < -0.4 is 10.0 Å². The van der Waals surface area contributed by atoms with Crippen molar-refractivity contribution in [3.05, 3.63) is 54.1 Å². The van der Waals surface area contributed by atoms with Crippen molar-refractivity contribution in [1.29, 1.82) is 0 Å². The predicted molar refractivity (Wildman–Crippen MR) is 88.2 cm³/mol. The summed E-state index contributed by atoms with van der Waals surface area (Å²) in [7, 11) is -1.79. The summed E-state index contributed by atoms with van der Waals surface area (Å²) >= 11 is 1.62. The van der Waals surface area contributed by atoms with E-state index in [1.807, 2.05) is 30.5 Å². The molecule has 0 fully saturated rings. The summed E-state index contributed by atoms with van der Waals surface area (Å²) in [5, 5.41) is 2.98. The van der Waals surface area contributed by atoms with Crippen molar-refractivity contribution < 1.29 is 8.42 Å². The van der Waals surface area contributed by atoms with Crippen molar-refractivity contribution in [2.75, 3.05) is 18.0 Å². The van der Waals surface area contributed by atoms with E-state index in [0.29, 0.717) is 17.1 Å². The van der Waals surface area contributed by atoms with Gasteiger partial charge in [-0.1, -0.05) is 18.2 Å². The molecule has 0 saturated heterocycles. The Morgan fingerprint density at radius 2 is 1.71 bits per heavy atom. The molecular weight excluding hydrogens is 304 g/mol. The van der Waals surface area contributed by atoms with Gasteiger partial charge in [0, 0.05) is 17.1 Å². The van der Waals surface area contributed by atoms with Gasteiger partial charge in [-0.05, 0) is 49.2 Å². The van der Waals surface area contributed by atoms with Crippen LogP contribution in [0.5, 0.6) is 0 Å². The largest absolute Gasteiger partial charge is 0.316 e. The molecule has 2 aromatic rings. The molecule has 6 heteroatoms. The lowest BCUT2D eigenvalue weighted by atomic mass is 10.2. The van der Waals surface area contributed by atoms with Crippen LogP contribution in [0, 0.1) is 0 Å². The van der Waals surface area contributed by atoms with Crippen molar-refractivity contribution in [2.24, 2.45) is 0 Å². The standard InChI is InChI=1S/C15H18N2O2S2/c1-16-11-12-5-3-4-6-15(12)21(18,19)17-13-7-9-14(20-2)10-8-13/h3-10,16-17H,11H2,1-2H3. The lowest BCUT2D eigenvalue weighted by Crippen LogP contribution is -2.17. The number of anilines is 1.